The summed E-state index contributed by atoms with van der Waals surface area (Å²) in [6.45, 7) is 0. The fraction of sp³-hybridized carbons (Fsp3) is 0.200. The zero-order valence-electron chi connectivity index (χ0n) is 9.51. The maximum Gasteiger partial charge on any atom is 1.00 e. The van der Waals surface area contributed by atoms with Gasteiger partial charge in [0.05, 0.1) is 0 Å². The Kier molecular flexibility index (Phi) is 7.03. The summed E-state index contributed by atoms with van der Waals surface area (Å²) in [6, 6.07) is 8.30. The van der Waals surface area contributed by atoms with Gasteiger partial charge < -0.3 is 11.8 Å². The topological polar surface area (TPSA) is 66.4 Å². The Balaban J connectivity index is 0. The summed E-state index contributed by atoms with van der Waals surface area (Å²) in [5.41, 5.74) is 0.884. The van der Waals surface area contributed by atoms with E-state index in [4.69, 9.17) is 5.11 Å². The molecule has 0 saturated carbocycles. The van der Waals surface area contributed by atoms with Crippen LogP contribution < -0.4 is 34.9 Å². The number of carboxylic acid groups (broad SMARTS) is 1. The van der Waals surface area contributed by atoms with Crippen molar-refractivity contribution in [3.8, 4) is 0 Å². The number of aliphatic carboxylic acids is 1. The molecule has 0 radical (unpaired) electrons. The van der Waals surface area contributed by atoms with Crippen LogP contribution >= 0.6 is 0 Å². The van der Waals surface area contributed by atoms with Gasteiger partial charge in [0.25, 0.3) is 0 Å². The number of carbonyl (C=O) groups is 2. The molecule has 4 nitrogen and oxygen atoms in total. The minimum Gasteiger partial charge on any atom is -1.00 e. The average molecular weight is 217 g/mol. The van der Waals surface area contributed by atoms with Crippen molar-refractivity contribution in [2.45, 2.75) is 12.5 Å². The molecule has 1 atom stereocenters. The van der Waals surface area contributed by atoms with Gasteiger partial charge in [0, 0.05) is 6.42 Å². The molecule has 0 bridgehead atoms. The Morgan fingerprint density at radius 1 is 1.47 bits per heavy atom. The smallest absolute Gasteiger partial charge is 1.00 e. The molecule has 0 fully saturated rings. The Bertz CT molecular complexity index is 321. The van der Waals surface area contributed by atoms with E-state index in [1.807, 2.05) is 30.3 Å². The van der Waals surface area contributed by atoms with Crippen LogP contribution in [0.1, 0.15) is 6.99 Å². The number of carboxylic acids is 1. The van der Waals surface area contributed by atoms with Gasteiger partial charge in [0.1, 0.15) is 6.04 Å². The molecule has 1 unspecified atom stereocenters. The Labute approximate surface area is 111 Å². The number of nitrogens with one attached hydrogen (secondary N) is 1. The summed E-state index contributed by atoms with van der Waals surface area (Å²) in [6.07, 6.45) is 0.705. The van der Waals surface area contributed by atoms with E-state index in [0.717, 1.165) is 5.56 Å². The van der Waals surface area contributed by atoms with Gasteiger partial charge in [-0.2, -0.15) is 0 Å². The van der Waals surface area contributed by atoms with E-state index in [2.05, 4.69) is 5.32 Å². The molecule has 1 amide bonds. The van der Waals surface area contributed by atoms with Crippen molar-refractivity contribution in [2.24, 2.45) is 0 Å². The van der Waals surface area contributed by atoms with Crippen LogP contribution in [0.5, 0.6) is 0 Å². The fourth-order valence-corrected chi connectivity index (χ4v) is 1.15. The molecule has 0 aliphatic rings. The third-order valence-corrected chi connectivity index (χ3v) is 1.85. The van der Waals surface area contributed by atoms with E-state index in [0.29, 0.717) is 12.8 Å². The standard InChI is InChI=1S/C10H11NO3.Na.H/c12-7-11-9(10(13)14)6-8-4-2-1-3-5-8;;/h1-5,7,9H,6H2,(H,11,12)(H,13,14);;/q;+1;-1. The Morgan fingerprint density at radius 2 is 2.07 bits per heavy atom. The molecule has 76 valence electrons. The van der Waals surface area contributed by atoms with Crippen molar-refractivity contribution in [2.75, 3.05) is 0 Å². The van der Waals surface area contributed by atoms with Crippen LogP contribution in [0.2, 0.25) is 0 Å². The molecule has 0 spiro atoms. The predicted molar refractivity (Wildman–Crippen MR) is 51.9 cm³/mol. The molecule has 1 aromatic carbocycles. The van der Waals surface area contributed by atoms with Gasteiger partial charge in [-0.3, -0.25) is 4.79 Å². The molecule has 0 aliphatic heterocycles. The first-order valence-electron chi connectivity index (χ1n) is 4.20. The quantitative estimate of drug-likeness (QED) is 0.425. The van der Waals surface area contributed by atoms with E-state index in [9.17, 15) is 9.59 Å². The SMILES string of the molecule is O=CNC(Cc1ccccc1)C(=O)O.[H-].[Na+]. The maximum atomic E-state index is 10.7. The van der Waals surface area contributed by atoms with Crippen LogP contribution in [-0.2, 0) is 16.0 Å². The summed E-state index contributed by atoms with van der Waals surface area (Å²) in [5, 5.41) is 11.0. The van der Waals surface area contributed by atoms with Crippen LogP contribution in [0.25, 0.3) is 0 Å². The normalized spacial score (nSPS) is 10.9. The van der Waals surface area contributed by atoms with Crippen LogP contribution in [0.3, 0.4) is 0 Å². The number of amides is 1. The second kappa shape index (κ2) is 7.45. The average Bonchev–Trinajstić information content (AvgIpc) is 2.18. The molecule has 0 aromatic heterocycles. The zero-order chi connectivity index (χ0) is 10.4. The minimum absolute atomic E-state index is 0. The van der Waals surface area contributed by atoms with Gasteiger partial charge in [-0.05, 0) is 5.56 Å². The third kappa shape index (κ3) is 4.97. The first kappa shape index (κ1) is 14.2. The largest absolute Gasteiger partial charge is 1.00 e. The van der Waals surface area contributed by atoms with Gasteiger partial charge in [-0.1, -0.05) is 30.3 Å². The molecule has 0 aliphatic carbocycles. The summed E-state index contributed by atoms with van der Waals surface area (Å²) in [7, 11) is 0. The van der Waals surface area contributed by atoms with Crippen LogP contribution in [0.15, 0.2) is 30.3 Å². The summed E-state index contributed by atoms with van der Waals surface area (Å²) < 4.78 is 0. The molecular formula is C10H12NNaO3. The Hall–Kier alpha value is -0.840. The van der Waals surface area contributed by atoms with E-state index < -0.39 is 12.0 Å². The second-order valence-corrected chi connectivity index (χ2v) is 2.87. The maximum absolute atomic E-state index is 10.7. The summed E-state index contributed by atoms with van der Waals surface area (Å²) in [5.74, 6) is -1.03. The van der Waals surface area contributed by atoms with E-state index in [1.165, 1.54) is 0 Å². The van der Waals surface area contributed by atoms with Crippen molar-refractivity contribution < 1.29 is 45.7 Å². The number of benzene rings is 1. The minimum atomic E-state index is -1.03. The zero-order valence-corrected chi connectivity index (χ0v) is 10.5. The summed E-state index contributed by atoms with van der Waals surface area (Å²) >= 11 is 0. The van der Waals surface area contributed by atoms with Crippen molar-refractivity contribution >= 4 is 12.4 Å². The van der Waals surface area contributed by atoms with Crippen molar-refractivity contribution in [1.29, 1.82) is 0 Å². The number of hydrogen-bond acceptors (Lipinski definition) is 2. The predicted octanol–water partition coefficient (Wildman–Crippen LogP) is -2.46. The second-order valence-electron chi connectivity index (χ2n) is 2.87. The molecule has 1 rings (SSSR count). The first-order valence-corrected chi connectivity index (χ1v) is 4.20. The van der Waals surface area contributed by atoms with E-state index in [-0.39, 0.29) is 31.0 Å². The molecule has 15 heavy (non-hydrogen) atoms. The monoisotopic (exact) mass is 217 g/mol. The molecule has 1 aromatic rings. The van der Waals surface area contributed by atoms with Crippen molar-refractivity contribution in [3.05, 3.63) is 35.9 Å². The van der Waals surface area contributed by atoms with Gasteiger partial charge >= 0.3 is 35.5 Å². The van der Waals surface area contributed by atoms with Crippen molar-refractivity contribution in [3.63, 3.8) is 0 Å². The molecule has 0 saturated heterocycles. The van der Waals surface area contributed by atoms with Crippen LogP contribution in [0, 0.1) is 0 Å². The van der Waals surface area contributed by atoms with E-state index in [1.54, 1.807) is 0 Å². The molecule has 2 N–H and O–H groups in total. The van der Waals surface area contributed by atoms with Gasteiger partial charge in [-0.15, -0.1) is 0 Å². The van der Waals surface area contributed by atoms with Crippen molar-refractivity contribution in [1.82, 2.24) is 5.32 Å². The van der Waals surface area contributed by atoms with Gasteiger partial charge in [0.2, 0.25) is 6.41 Å². The van der Waals surface area contributed by atoms with Gasteiger partial charge in [0.15, 0.2) is 0 Å². The van der Waals surface area contributed by atoms with Crippen LogP contribution in [-0.4, -0.2) is 23.5 Å². The van der Waals surface area contributed by atoms with Gasteiger partial charge in [-0.25, -0.2) is 4.79 Å². The Morgan fingerprint density at radius 3 is 2.53 bits per heavy atom. The summed E-state index contributed by atoms with van der Waals surface area (Å²) in [4.78, 5) is 20.8. The van der Waals surface area contributed by atoms with E-state index >= 15 is 0 Å². The first-order chi connectivity index (χ1) is 6.74. The molecular weight excluding hydrogens is 205 g/mol. The number of hydrogen-bond donors (Lipinski definition) is 2. The number of carbonyl (C=O) groups excluding carboxylic acids is 1. The fourth-order valence-electron chi connectivity index (χ4n) is 1.15. The molecule has 5 heteroatoms. The molecule has 0 heterocycles. The number of rotatable bonds is 5. The third-order valence-electron chi connectivity index (χ3n) is 1.85. The van der Waals surface area contributed by atoms with Crippen LogP contribution in [0.4, 0.5) is 0 Å².